The van der Waals surface area contributed by atoms with Gasteiger partial charge in [0.1, 0.15) is 5.75 Å². The topological polar surface area (TPSA) is 55.4 Å². The maximum absolute atomic E-state index is 11.4. The van der Waals surface area contributed by atoms with Crippen LogP contribution in [0.3, 0.4) is 0 Å². The van der Waals surface area contributed by atoms with Crippen LogP contribution < -0.4 is 9.46 Å². The van der Waals surface area contributed by atoms with Gasteiger partial charge in [0.05, 0.1) is 18.6 Å². The molecule has 1 rings (SSSR count). The summed E-state index contributed by atoms with van der Waals surface area (Å²) in [4.78, 5) is 0. The highest BCUT2D eigenvalue weighted by Crippen LogP contribution is 2.23. The molecule has 0 atom stereocenters. The minimum Gasteiger partial charge on any atom is -0.495 e. The van der Waals surface area contributed by atoms with E-state index in [1.807, 2.05) is 0 Å². The highest BCUT2D eigenvalue weighted by molar-refractivity contribution is 7.92. The van der Waals surface area contributed by atoms with Gasteiger partial charge in [-0.05, 0) is 12.1 Å². The molecule has 0 saturated carbocycles. The van der Waals surface area contributed by atoms with Crippen molar-refractivity contribution in [1.29, 1.82) is 0 Å². The summed E-state index contributed by atoms with van der Waals surface area (Å²) in [6.45, 7) is 3.38. The third-order valence-corrected chi connectivity index (χ3v) is 2.92. The van der Waals surface area contributed by atoms with E-state index in [4.69, 9.17) is 4.74 Å². The van der Waals surface area contributed by atoms with Crippen molar-refractivity contribution < 1.29 is 13.2 Å². The van der Waals surface area contributed by atoms with E-state index in [0.717, 1.165) is 0 Å². The zero-order chi connectivity index (χ0) is 11.3. The van der Waals surface area contributed by atoms with Crippen molar-refractivity contribution in [3.8, 4) is 5.75 Å². The average molecular weight is 227 g/mol. The van der Waals surface area contributed by atoms with Crippen molar-refractivity contribution in [2.45, 2.75) is 0 Å². The van der Waals surface area contributed by atoms with E-state index in [1.165, 1.54) is 13.2 Å². The Bertz CT molecular complexity index is 440. The summed E-state index contributed by atoms with van der Waals surface area (Å²) in [6, 6.07) is 6.82. The van der Waals surface area contributed by atoms with Gasteiger partial charge in [-0.2, -0.15) is 0 Å². The van der Waals surface area contributed by atoms with Gasteiger partial charge in [-0.1, -0.05) is 18.2 Å². The van der Waals surface area contributed by atoms with Crippen molar-refractivity contribution in [1.82, 2.24) is 0 Å². The molecule has 82 valence electrons. The van der Waals surface area contributed by atoms with Gasteiger partial charge in [0.15, 0.2) is 0 Å². The number of anilines is 1. The summed E-state index contributed by atoms with van der Waals surface area (Å²) in [5, 5.41) is 0. The summed E-state index contributed by atoms with van der Waals surface area (Å²) in [5.41, 5.74) is 0.432. The summed E-state index contributed by atoms with van der Waals surface area (Å²) >= 11 is 0. The average Bonchev–Trinajstić information content (AvgIpc) is 2.17. The molecule has 0 heterocycles. The predicted molar refractivity (Wildman–Crippen MR) is 60.6 cm³/mol. The molecule has 0 aliphatic rings. The third-order valence-electron chi connectivity index (χ3n) is 1.71. The maximum atomic E-state index is 11.4. The van der Waals surface area contributed by atoms with Crippen molar-refractivity contribution >= 4 is 15.7 Å². The molecule has 0 spiro atoms. The van der Waals surface area contributed by atoms with Crippen LogP contribution in [0.4, 0.5) is 5.69 Å². The van der Waals surface area contributed by atoms with Crippen molar-refractivity contribution in [3.63, 3.8) is 0 Å². The number of rotatable bonds is 5. The van der Waals surface area contributed by atoms with E-state index in [9.17, 15) is 8.42 Å². The summed E-state index contributed by atoms with van der Waals surface area (Å²) < 4.78 is 30.3. The molecule has 5 heteroatoms. The lowest BCUT2D eigenvalue weighted by molar-refractivity contribution is 0.417. The maximum Gasteiger partial charge on any atom is 0.236 e. The molecule has 0 aromatic heterocycles. The van der Waals surface area contributed by atoms with Gasteiger partial charge in [0, 0.05) is 0 Å². The molecule has 1 aromatic carbocycles. The number of sulfonamides is 1. The van der Waals surface area contributed by atoms with Gasteiger partial charge in [-0.3, -0.25) is 4.72 Å². The number of hydrogen-bond donors (Lipinski definition) is 1. The first-order chi connectivity index (χ1) is 7.09. The van der Waals surface area contributed by atoms with Gasteiger partial charge in [0.2, 0.25) is 10.0 Å². The number of ether oxygens (including phenoxy) is 1. The molecule has 0 fully saturated rings. The summed E-state index contributed by atoms with van der Waals surface area (Å²) in [7, 11) is -1.88. The largest absolute Gasteiger partial charge is 0.495 e. The van der Waals surface area contributed by atoms with Crippen LogP contribution in [0, 0.1) is 0 Å². The zero-order valence-corrected chi connectivity index (χ0v) is 9.25. The molecule has 0 radical (unpaired) electrons. The standard InChI is InChI=1S/C10H13NO3S/c1-3-8-15(12,13)11-9-6-4-5-7-10(9)14-2/h3-7,11H,1,8H2,2H3. The summed E-state index contributed by atoms with van der Waals surface area (Å²) in [5.74, 6) is 0.371. The fourth-order valence-electron chi connectivity index (χ4n) is 1.09. The molecular formula is C10H13NO3S. The molecule has 0 saturated heterocycles. The quantitative estimate of drug-likeness (QED) is 0.778. The lowest BCUT2D eigenvalue weighted by Crippen LogP contribution is -2.15. The van der Waals surface area contributed by atoms with E-state index in [0.29, 0.717) is 11.4 Å². The van der Waals surface area contributed by atoms with Gasteiger partial charge in [0.25, 0.3) is 0 Å². The van der Waals surface area contributed by atoms with Crippen molar-refractivity contribution in [2.75, 3.05) is 17.6 Å². The fraction of sp³-hybridized carbons (Fsp3) is 0.200. The fourth-order valence-corrected chi connectivity index (χ4v) is 1.99. The van der Waals surface area contributed by atoms with E-state index in [1.54, 1.807) is 24.3 Å². The van der Waals surface area contributed by atoms with Gasteiger partial charge < -0.3 is 4.74 Å². The highest BCUT2D eigenvalue weighted by Gasteiger charge is 2.10. The lowest BCUT2D eigenvalue weighted by Gasteiger charge is -2.09. The van der Waals surface area contributed by atoms with E-state index in [-0.39, 0.29) is 5.75 Å². The number of nitrogens with one attached hydrogen (secondary N) is 1. The van der Waals surface area contributed by atoms with Gasteiger partial charge >= 0.3 is 0 Å². The zero-order valence-electron chi connectivity index (χ0n) is 8.43. The molecule has 0 bridgehead atoms. The molecule has 0 aliphatic heterocycles. The van der Waals surface area contributed by atoms with E-state index >= 15 is 0 Å². The van der Waals surface area contributed by atoms with E-state index in [2.05, 4.69) is 11.3 Å². The minimum atomic E-state index is -3.37. The highest BCUT2D eigenvalue weighted by atomic mass is 32.2. The number of para-hydroxylation sites is 2. The SMILES string of the molecule is C=CCS(=O)(=O)Nc1ccccc1OC. The second-order valence-electron chi connectivity index (χ2n) is 2.87. The minimum absolute atomic E-state index is 0.120. The first-order valence-electron chi connectivity index (χ1n) is 4.33. The molecule has 0 unspecified atom stereocenters. The van der Waals surface area contributed by atoms with Crippen LogP contribution in [0.2, 0.25) is 0 Å². The van der Waals surface area contributed by atoms with Gasteiger partial charge in [-0.25, -0.2) is 8.42 Å². The van der Waals surface area contributed by atoms with Crippen LogP contribution in [0.5, 0.6) is 5.75 Å². The monoisotopic (exact) mass is 227 g/mol. The van der Waals surface area contributed by atoms with E-state index < -0.39 is 10.0 Å². The predicted octanol–water partition coefficient (Wildman–Crippen LogP) is 1.62. The molecular weight excluding hydrogens is 214 g/mol. The van der Waals surface area contributed by atoms with Gasteiger partial charge in [-0.15, -0.1) is 6.58 Å². The Balaban J connectivity index is 2.94. The number of hydrogen-bond acceptors (Lipinski definition) is 3. The van der Waals surface area contributed by atoms with Crippen LogP contribution in [0.1, 0.15) is 0 Å². The normalized spacial score (nSPS) is 10.7. The Morgan fingerprint density at radius 3 is 2.73 bits per heavy atom. The molecule has 0 amide bonds. The molecule has 0 aliphatic carbocycles. The summed E-state index contributed by atoms with van der Waals surface area (Å²) in [6.07, 6.45) is 1.33. The van der Waals surface area contributed by atoms with Crippen molar-refractivity contribution in [2.24, 2.45) is 0 Å². The third kappa shape index (κ3) is 3.28. The molecule has 1 N–H and O–H groups in total. The second kappa shape index (κ2) is 4.84. The first-order valence-corrected chi connectivity index (χ1v) is 5.98. The first kappa shape index (κ1) is 11.6. The second-order valence-corrected chi connectivity index (χ2v) is 4.64. The lowest BCUT2D eigenvalue weighted by atomic mass is 10.3. The number of benzene rings is 1. The Morgan fingerprint density at radius 1 is 1.47 bits per heavy atom. The van der Waals surface area contributed by atoms with Crippen LogP contribution >= 0.6 is 0 Å². The van der Waals surface area contributed by atoms with Crippen LogP contribution in [0.25, 0.3) is 0 Å². The Labute approximate surface area is 89.6 Å². The molecule has 15 heavy (non-hydrogen) atoms. The molecule has 4 nitrogen and oxygen atoms in total. The van der Waals surface area contributed by atoms with Crippen molar-refractivity contribution in [3.05, 3.63) is 36.9 Å². The number of methoxy groups -OCH3 is 1. The smallest absolute Gasteiger partial charge is 0.236 e. The Hall–Kier alpha value is -1.49. The van der Waals surface area contributed by atoms with Crippen LogP contribution in [-0.4, -0.2) is 21.3 Å². The Morgan fingerprint density at radius 2 is 2.13 bits per heavy atom. The van der Waals surface area contributed by atoms with Crippen LogP contribution in [0.15, 0.2) is 36.9 Å². The molecule has 1 aromatic rings. The van der Waals surface area contributed by atoms with Crippen LogP contribution in [-0.2, 0) is 10.0 Å². The Kier molecular flexibility index (Phi) is 3.74.